The Hall–Kier alpha value is -0.810. The molecule has 1 rings (SSSR count). The molecule has 3 N–H and O–H groups in total. The van der Waals surface area contributed by atoms with Gasteiger partial charge >= 0.3 is 6.03 Å². The van der Waals surface area contributed by atoms with Gasteiger partial charge < -0.3 is 20.5 Å². The molecule has 0 aromatic rings. The van der Waals surface area contributed by atoms with Gasteiger partial charge in [-0.2, -0.15) is 0 Å². The summed E-state index contributed by atoms with van der Waals surface area (Å²) in [5.41, 5.74) is -0.910. The van der Waals surface area contributed by atoms with Crippen molar-refractivity contribution in [1.29, 1.82) is 0 Å². The molecule has 0 bridgehead atoms. The molecule has 1 aliphatic rings. The van der Waals surface area contributed by atoms with E-state index in [9.17, 15) is 9.90 Å². The highest BCUT2D eigenvalue weighted by Crippen LogP contribution is 2.17. The van der Waals surface area contributed by atoms with E-state index in [-0.39, 0.29) is 12.6 Å². The smallest absolute Gasteiger partial charge is 0.315 e. The van der Waals surface area contributed by atoms with Crippen molar-refractivity contribution in [3.8, 4) is 0 Å². The quantitative estimate of drug-likeness (QED) is 0.626. The molecule has 0 aromatic heterocycles. The zero-order chi connectivity index (χ0) is 12.0. The molecule has 0 saturated heterocycles. The van der Waals surface area contributed by atoms with Crippen LogP contribution in [0.15, 0.2) is 0 Å². The van der Waals surface area contributed by atoms with Crippen LogP contribution in [0, 0.1) is 0 Å². The highest BCUT2D eigenvalue weighted by molar-refractivity contribution is 5.74. The van der Waals surface area contributed by atoms with E-state index in [4.69, 9.17) is 4.74 Å². The molecule has 0 aromatic carbocycles. The van der Waals surface area contributed by atoms with Crippen molar-refractivity contribution in [2.24, 2.45) is 0 Å². The lowest BCUT2D eigenvalue weighted by atomic mass is 9.93. The Labute approximate surface area is 96.6 Å². The third-order valence-corrected chi connectivity index (χ3v) is 2.91. The van der Waals surface area contributed by atoms with Gasteiger partial charge in [-0.1, -0.05) is 0 Å². The maximum absolute atomic E-state index is 11.4. The first-order chi connectivity index (χ1) is 7.53. The van der Waals surface area contributed by atoms with Crippen LogP contribution in [0.5, 0.6) is 0 Å². The van der Waals surface area contributed by atoms with Gasteiger partial charge in [0.25, 0.3) is 0 Å². The fourth-order valence-electron chi connectivity index (χ4n) is 1.47. The molecule has 94 valence electrons. The standard InChI is InChI=1S/C11H22N2O3/c1-11(15,6-7-16-2)8-12-10(14)13-9-4-3-5-9/h9,15H,3-8H2,1-2H3,(H2,12,13,14). The lowest BCUT2D eigenvalue weighted by molar-refractivity contribution is 0.0268. The number of hydrogen-bond acceptors (Lipinski definition) is 3. The Morgan fingerprint density at radius 1 is 1.56 bits per heavy atom. The van der Waals surface area contributed by atoms with Crippen LogP contribution in [-0.4, -0.2) is 43.0 Å². The molecule has 0 heterocycles. The molecule has 0 aliphatic heterocycles. The Morgan fingerprint density at radius 3 is 2.75 bits per heavy atom. The lowest BCUT2D eigenvalue weighted by Crippen LogP contribution is -2.49. The molecular formula is C11H22N2O3. The Balaban J connectivity index is 2.13. The first-order valence-corrected chi connectivity index (χ1v) is 5.79. The van der Waals surface area contributed by atoms with Crippen LogP contribution in [0.2, 0.25) is 0 Å². The van der Waals surface area contributed by atoms with Gasteiger partial charge in [-0.3, -0.25) is 0 Å². The number of hydrogen-bond donors (Lipinski definition) is 3. The maximum atomic E-state index is 11.4. The number of nitrogens with one attached hydrogen (secondary N) is 2. The molecule has 2 amide bonds. The van der Waals surface area contributed by atoms with Crippen molar-refractivity contribution in [3.05, 3.63) is 0 Å². The molecule has 5 heteroatoms. The van der Waals surface area contributed by atoms with Crippen LogP contribution in [0.3, 0.4) is 0 Å². The lowest BCUT2D eigenvalue weighted by Gasteiger charge is -2.28. The molecular weight excluding hydrogens is 208 g/mol. The minimum Gasteiger partial charge on any atom is -0.388 e. The molecule has 1 aliphatic carbocycles. The number of rotatable bonds is 6. The Morgan fingerprint density at radius 2 is 2.25 bits per heavy atom. The topological polar surface area (TPSA) is 70.6 Å². The average Bonchev–Trinajstić information content (AvgIpc) is 2.18. The Kier molecular flexibility index (Phi) is 5.02. The maximum Gasteiger partial charge on any atom is 0.315 e. The van der Waals surface area contributed by atoms with Crippen molar-refractivity contribution >= 4 is 6.03 Å². The summed E-state index contributed by atoms with van der Waals surface area (Å²) < 4.78 is 4.89. The first-order valence-electron chi connectivity index (χ1n) is 5.79. The van der Waals surface area contributed by atoms with Crippen LogP contribution in [0.1, 0.15) is 32.6 Å². The molecule has 5 nitrogen and oxygen atoms in total. The second-order valence-electron chi connectivity index (χ2n) is 4.69. The number of urea groups is 1. The van der Waals surface area contributed by atoms with Gasteiger partial charge in [-0.25, -0.2) is 4.79 Å². The Bertz CT molecular complexity index is 227. The highest BCUT2D eigenvalue weighted by atomic mass is 16.5. The van der Waals surface area contributed by atoms with Gasteiger partial charge in [0.05, 0.1) is 5.60 Å². The number of carbonyl (C=O) groups excluding carboxylic acids is 1. The monoisotopic (exact) mass is 230 g/mol. The molecule has 1 saturated carbocycles. The minimum absolute atomic E-state index is 0.192. The summed E-state index contributed by atoms with van der Waals surface area (Å²) in [6, 6.07) is 0.131. The normalized spacial score (nSPS) is 19.7. The van der Waals surface area contributed by atoms with Crippen LogP contribution in [-0.2, 0) is 4.74 Å². The van der Waals surface area contributed by atoms with Gasteiger partial charge in [-0.05, 0) is 26.2 Å². The zero-order valence-corrected chi connectivity index (χ0v) is 10.1. The summed E-state index contributed by atoms with van der Waals surface area (Å²) in [7, 11) is 1.59. The fraction of sp³-hybridized carbons (Fsp3) is 0.909. The zero-order valence-electron chi connectivity index (χ0n) is 10.1. The molecule has 0 spiro atoms. The van der Waals surface area contributed by atoms with Crippen molar-refractivity contribution in [1.82, 2.24) is 10.6 Å². The summed E-state index contributed by atoms with van der Waals surface area (Å²) in [6.45, 7) is 2.42. The van der Waals surface area contributed by atoms with Crippen LogP contribution < -0.4 is 10.6 Å². The summed E-state index contributed by atoms with van der Waals surface area (Å²) in [4.78, 5) is 11.4. The fourth-order valence-corrected chi connectivity index (χ4v) is 1.47. The van der Waals surface area contributed by atoms with Gasteiger partial charge in [0.15, 0.2) is 0 Å². The largest absolute Gasteiger partial charge is 0.388 e. The molecule has 0 radical (unpaired) electrons. The molecule has 1 atom stereocenters. The van der Waals surface area contributed by atoms with E-state index in [0.29, 0.717) is 19.1 Å². The van der Waals surface area contributed by atoms with E-state index >= 15 is 0 Å². The summed E-state index contributed by atoms with van der Waals surface area (Å²) in [6.07, 6.45) is 3.82. The van der Waals surface area contributed by atoms with E-state index in [1.54, 1.807) is 14.0 Å². The number of amides is 2. The van der Waals surface area contributed by atoms with E-state index in [0.717, 1.165) is 12.8 Å². The van der Waals surface area contributed by atoms with E-state index in [1.807, 2.05) is 0 Å². The van der Waals surface area contributed by atoms with Crippen molar-refractivity contribution in [2.45, 2.75) is 44.2 Å². The van der Waals surface area contributed by atoms with Crippen LogP contribution >= 0.6 is 0 Å². The molecule has 1 unspecified atom stereocenters. The summed E-state index contributed by atoms with van der Waals surface area (Å²) >= 11 is 0. The second kappa shape index (κ2) is 6.06. The minimum atomic E-state index is -0.910. The third kappa shape index (κ3) is 4.81. The predicted octanol–water partition coefficient (Wildman–Crippen LogP) is 0.626. The van der Waals surface area contributed by atoms with Crippen molar-refractivity contribution in [3.63, 3.8) is 0 Å². The third-order valence-electron chi connectivity index (χ3n) is 2.91. The number of methoxy groups -OCH3 is 1. The van der Waals surface area contributed by atoms with Gasteiger partial charge in [-0.15, -0.1) is 0 Å². The summed E-state index contributed by atoms with van der Waals surface area (Å²) in [5, 5.41) is 15.4. The molecule has 16 heavy (non-hydrogen) atoms. The highest BCUT2D eigenvalue weighted by Gasteiger charge is 2.23. The number of ether oxygens (including phenoxy) is 1. The van der Waals surface area contributed by atoms with Crippen molar-refractivity contribution < 1.29 is 14.6 Å². The SMILES string of the molecule is COCCC(C)(O)CNC(=O)NC1CCC1. The van der Waals surface area contributed by atoms with Crippen molar-refractivity contribution in [2.75, 3.05) is 20.3 Å². The second-order valence-corrected chi connectivity index (χ2v) is 4.69. The van der Waals surface area contributed by atoms with E-state index in [2.05, 4.69) is 10.6 Å². The van der Waals surface area contributed by atoms with E-state index in [1.165, 1.54) is 6.42 Å². The number of carbonyl (C=O) groups is 1. The summed E-state index contributed by atoms with van der Waals surface area (Å²) in [5.74, 6) is 0. The molecule has 1 fully saturated rings. The number of aliphatic hydroxyl groups is 1. The van der Waals surface area contributed by atoms with Gasteiger partial charge in [0.1, 0.15) is 0 Å². The predicted molar refractivity (Wildman–Crippen MR) is 61.3 cm³/mol. The first kappa shape index (κ1) is 13.3. The average molecular weight is 230 g/mol. The van der Waals surface area contributed by atoms with Gasteiger partial charge in [0.2, 0.25) is 0 Å². The van der Waals surface area contributed by atoms with Crippen LogP contribution in [0.25, 0.3) is 0 Å². The van der Waals surface area contributed by atoms with Crippen LogP contribution in [0.4, 0.5) is 4.79 Å². The van der Waals surface area contributed by atoms with E-state index < -0.39 is 5.60 Å². The van der Waals surface area contributed by atoms with Gasteiger partial charge in [0, 0.05) is 32.7 Å².